The lowest BCUT2D eigenvalue weighted by Crippen LogP contribution is -2.34. The van der Waals surface area contributed by atoms with E-state index in [9.17, 15) is 4.79 Å². The number of benzene rings is 1. The molecule has 1 amide bonds. The third kappa shape index (κ3) is 2.51. The van der Waals surface area contributed by atoms with E-state index in [-0.39, 0.29) is 5.91 Å². The van der Waals surface area contributed by atoms with Gasteiger partial charge in [-0.15, -0.1) is 0 Å². The number of carbonyl (C=O) groups is 1. The molecule has 0 fully saturated rings. The molecule has 0 saturated carbocycles. The van der Waals surface area contributed by atoms with E-state index in [0.717, 1.165) is 43.0 Å². The van der Waals surface area contributed by atoms with Gasteiger partial charge < -0.3 is 0 Å². The Morgan fingerprint density at radius 3 is 2.73 bits per heavy atom. The fraction of sp³-hybridized carbons (Fsp3) is 0.375. The van der Waals surface area contributed by atoms with Crippen LogP contribution in [0.15, 0.2) is 24.3 Å². The molecular weight excluding hydrogens is 278 g/mol. The number of carbonyl (C=O) groups excluding carboxylic acids is 1. The predicted octanol–water partition coefficient (Wildman–Crippen LogP) is 1.16. The third-order valence-electron chi connectivity index (χ3n) is 4.21. The largest absolute Gasteiger partial charge is 0.299 e. The molecule has 22 heavy (non-hydrogen) atoms. The molecule has 0 radical (unpaired) electrons. The Balaban J connectivity index is 2.10. The predicted molar refractivity (Wildman–Crippen MR) is 84.6 cm³/mol. The Morgan fingerprint density at radius 2 is 2.09 bits per heavy atom. The number of nitrogens with two attached hydrogens (primary N) is 1. The molecule has 1 aliphatic heterocycles. The molecule has 1 aromatic heterocycles. The smallest absolute Gasteiger partial charge is 0.286 e. The first-order chi connectivity index (χ1) is 10.6. The molecule has 6 nitrogen and oxygen atoms in total. The van der Waals surface area contributed by atoms with Crippen LogP contribution in [0, 0.1) is 6.92 Å². The van der Waals surface area contributed by atoms with Crippen LogP contribution >= 0.6 is 0 Å². The van der Waals surface area contributed by atoms with Crippen molar-refractivity contribution in [2.45, 2.75) is 26.8 Å². The fourth-order valence-corrected chi connectivity index (χ4v) is 2.90. The molecule has 0 atom stereocenters. The van der Waals surface area contributed by atoms with Gasteiger partial charge in [-0.1, -0.05) is 24.6 Å². The van der Waals surface area contributed by atoms with Gasteiger partial charge in [-0.2, -0.15) is 5.10 Å². The van der Waals surface area contributed by atoms with Crippen LogP contribution in [0.5, 0.6) is 0 Å². The summed E-state index contributed by atoms with van der Waals surface area (Å²) in [7, 11) is 0. The van der Waals surface area contributed by atoms with E-state index in [4.69, 9.17) is 5.84 Å². The van der Waals surface area contributed by atoms with Crippen molar-refractivity contribution >= 4 is 5.91 Å². The molecule has 3 N–H and O–H groups in total. The second kappa shape index (κ2) is 5.90. The van der Waals surface area contributed by atoms with Crippen LogP contribution in [0.25, 0.3) is 5.69 Å². The average molecular weight is 299 g/mol. The van der Waals surface area contributed by atoms with Crippen molar-refractivity contribution in [3.63, 3.8) is 0 Å². The van der Waals surface area contributed by atoms with Gasteiger partial charge in [0.1, 0.15) is 0 Å². The van der Waals surface area contributed by atoms with Crippen molar-refractivity contribution < 1.29 is 4.79 Å². The normalized spacial score (nSPS) is 14.7. The van der Waals surface area contributed by atoms with Crippen molar-refractivity contribution in [3.05, 3.63) is 46.8 Å². The first-order valence-corrected chi connectivity index (χ1v) is 7.55. The second-order valence-electron chi connectivity index (χ2n) is 5.61. The van der Waals surface area contributed by atoms with Gasteiger partial charge in [0.15, 0.2) is 5.69 Å². The molecule has 2 aromatic rings. The summed E-state index contributed by atoms with van der Waals surface area (Å²) in [5.41, 5.74) is 6.89. The first-order valence-electron chi connectivity index (χ1n) is 7.55. The van der Waals surface area contributed by atoms with E-state index >= 15 is 0 Å². The van der Waals surface area contributed by atoms with E-state index in [0.29, 0.717) is 5.69 Å². The van der Waals surface area contributed by atoms with Crippen LogP contribution in [0.3, 0.4) is 0 Å². The van der Waals surface area contributed by atoms with Gasteiger partial charge in [-0.25, -0.2) is 10.5 Å². The van der Waals surface area contributed by atoms with Crippen molar-refractivity contribution in [1.29, 1.82) is 0 Å². The number of hydrogen-bond acceptors (Lipinski definition) is 4. The Hall–Kier alpha value is -2.18. The summed E-state index contributed by atoms with van der Waals surface area (Å²) in [4.78, 5) is 14.4. The summed E-state index contributed by atoms with van der Waals surface area (Å²) in [6, 6.07) is 8.15. The maximum absolute atomic E-state index is 12.0. The molecule has 1 aliphatic rings. The van der Waals surface area contributed by atoms with Gasteiger partial charge in [0, 0.05) is 25.1 Å². The Kier molecular flexibility index (Phi) is 3.96. The lowest BCUT2D eigenvalue weighted by molar-refractivity contribution is 0.0946. The number of aromatic nitrogens is 2. The summed E-state index contributed by atoms with van der Waals surface area (Å²) >= 11 is 0. The summed E-state index contributed by atoms with van der Waals surface area (Å²) in [6.07, 6.45) is 0.877. The third-order valence-corrected chi connectivity index (χ3v) is 4.21. The van der Waals surface area contributed by atoms with Crippen molar-refractivity contribution in [2.24, 2.45) is 5.84 Å². The monoisotopic (exact) mass is 299 g/mol. The Bertz CT molecular complexity index is 689. The number of amides is 1. The molecule has 116 valence electrons. The van der Waals surface area contributed by atoms with Crippen molar-refractivity contribution in [1.82, 2.24) is 20.1 Å². The van der Waals surface area contributed by atoms with Gasteiger partial charge >= 0.3 is 0 Å². The second-order valence-corrected chi connectivity index (χ2v) is 5.61. The first kappa shape index (κ1) is 14.7. The molecule has 2 heterocycles. The van der Waals surface area contributed by atoms with Crippen LogP contribution in [-0.2, 0) is 13.0 Å². The quantitative estimate of drug-likeness (QED) is 0.506. The van der Waals surface area contributed by atoms with Crippen LogP contribution < -0.4 is 11.3 Å². The van der Waals surface area contributed by atoms with Gasteiger partial charge in [0.05, 0.1) is 11.4 Å². The molecule has 0 saturated heterocycles. The number of nitrogens with zero attached hydrogens (tertiary/aromatic N) is 3. The van der Waals surface area contributed by atoms with Crippen LogP contribution in [-0.4, -0.2) is 33.7 Å². The SMILES string of the molecule is CCN1CCc2c(c(C(=O)NN)nn2-c2ccc(C)cc2)C1. The molecule has 0 unspecified atom stereocenters. The molecule has 1 aromatic carbocycles. The molecule has 3 rings (SSSR count). The molecule has 6 heteroatoms. The molecule has 0 aliphatic carbocycles. The number of likely N-dealkylation sites (N-methyl/N-ethyl adjacent to an activating group) is 1. The van der Waals surface area contributed by atoms with Gasteiger partial charge in [-0.05, 0) is 25.6 Å². The summed E-state index contributed by atoms with van der Waals surface area (Å²) < 4.78 is 1.88. The number of fused-ring (bicyclic) bond motifs is 1. The highest BCUT2D eigenvalue weighted by Crippen LogP contribution is 2.25. The molecule has 0 spiro atoms. The lowest BCUT2D eigenvalue weighted by Gasteiger charge is -2.26. The fourth-order valence-electron chi connectivity index (χ4n) is 2.90. The van der Waals surface area contributed by atoms with Gasteiger partial charge in [0.2, 0.25) is 0 Å². The summed E-state index contributed by atoms with van der Waals surface area (Å²) in [5, 5.41) is 4.53. The zero-order valence-electron chi connectivity index (χ0n) is 13.0. The number of nitrogens with one attached hydrogen (secondary N) is 1. The Labute approximate surface area is 129 Å². The van der Waals surface area contributed by atoms with Gasteiger partial charge in [0.25, 0.3) is 5.91 Å². The number of nitrogen functional groups attached to an aromatic ring is 1. The summed E-state index contributed by atoms with van der Waals surface area (Å²) in [6.45, 7) is 6.84. The van der Waals surface area contributed by atoms with E-state index < -0.39 is 0 Å². The highest BCUT2D eigenvalue weighted by molar-refractivity contribution is 5.93. The van der Waals surface area contributed by atoms with Crippen LogP contribution in [0.2, 0.25) is 0 Å². The summed E-state index contributed by atoms with van der Waals surface area (Å²) in [5.74, 6) is 4.98. The van der Waals surface area contributed by atoms with Crippen molar-refractivity contribution in [2.75, 3.05) is 13.1 Å². The highest BCUT2D eigenvalue weighted by Gasteiger charge is 2.27. The highest BCUT2D eigenvalue weighted by atomic mass is 16.2. The van der Waals surface area contributed by atoms with Crippen molar-refractivity contribution in [3.8, 4) is 5.69 Å². The van der Waals surface area contributed by atoms with E-state index in [1.54, 1.807) is 0 Å². The Morgan fingerprint density at radius 1 is 1.36 bits per heavy atom. The van der Waals surface area contributed by atoms with E-state index in [2.05, 4.69) is 29.3 Å². The number of aryl methyl sites for hydroxylation is 1. The minimum absolute atomic E-state index is 0.333. The van der Waals surface area contributed by atoms with Crippen LogP contribution in [0.1, 0.15) is 34.2 Å². The maximum atomic E-state index is 12.0. The van der Waals surface area contributed by atoms with Crippen LogP contribution in [0.4, 0.5) is 0 Å². The van der Waals surface area contributed by atoms with E-state index in [1.807, 2.05) is 28.9 Å². The zero-order chi connectivity index (χ0) is 15.7. The van der Waals surface area contributed by atoms with E-state index in [1.165, 1.54) is 5.56 Å². The average Bonchev–Trinajstić information content (AvgIpc) is 2.93. The minimum atomic E-state index is -0.333. The number of hydrazine groups is 1. The maximum Gasteiger partial charge on any atom is 0.286 e. The van der Waals surface area contributed by atoms with Gasteiger partial charge in [-0.3, -0.25) is 15.1 Å². The minimum Gasteiger partial charge on any atom is -0.299 e. The number of rotatable bonds is 3. The standard InChI is InChI=1S/C16H21N5O/c1-3-20-9-8-14-13(10-20)15(16(22)18-17)19-21(14)12-6-4-11(2)5-7-12/h4-7H,3,8-10,17H2,1-2H3,(H,18,22). The number of hydrogen-bond donors (Lipinski definition) is 2. The lowest BCUT2D eigenvalue weighted by atomic mass is 10.0. The molecular formula is C16H21N5O. The topological polar surface area (TPSA) is 76.2 Å². The molecule has 0 bridgehead atoms. The zero-order valence-corrected chi connectivity index (χ0v) is 13.0.